The molecule has 0 aromatic heterocycles. The summed E-state index contributed by atoms with van der Waals surface area (Å²) in [5.74, 6) is 0. The molecular formula is C14H20N2O2. The second-order valence-electron chi connectivity index (χ2n) is 4.93. The highest BCUT2D eigenvalue weighted by Crippen LogP contribution is 2.15. The zero-order valence-electron chi connectivity index (χ0n) is 10.7. The van der Waals surface area contributed by atoms with Crippen LogP contribution >= 0.6 is 0 Å². The lowest BCUT2D eigenvalue weighted by molar-refractivity contribution is -0.384. The van der Waals surface area contributed by atoms with Crippen molar-refractivity contribution in [2.24, 2.45) is 0 Å². The van der Waals surface area contributed by atoms with Crippen LogP contribution in [0.1, 0.15) is 31.2 Å². The standard InChI is InChI=1S/C14H20N2O2/c17-16(18)14-8-4-6-13(12-14)7-5-11-15-9-2-1-3-10-15/h4,6,8,12H,1-3,5,7,9-11H2. The van der Waals surface area contributed by atoms with Crippen LogP contribution in [0, 0.1) is 10.1 Å². The topological polar surface area (TPSA) is 46.4 Å². The first-order valence-corrected chi connectivity index (χ1v) is 6.71. The predicted molar refractivity (Wildman–Crippen MR) is 71.7 cm³/mol. The van der Waals surface area contributed by atoms with E-state index in [9.17, 15) is 10.1 Å². The third kappa shape index (κ3) is 3.81. The number of rotatable bonds is 5. The summed E-state index contributed by atoms with van der Waals surface area (Å²) in [4.78, 5) is 12.8. The molecule has 18 heavy (non-hydrogen) atoms. The van der Waals surface area contributed by atoms with Gasteiger partial charge in [0.1, 0.15) is 0 Å². The summed E-state index contributed by atoms with van der Waals surface area (Å²) in [5, 5.41) is 10.7. The molecule has 98 valence electrons. The number of nitrogens with zero attached hydrogens (tertiary/aromatic N) is 2. The van der Waals surface area contributed by atoms with Crippen molar-refractivity contribution >= 4 is 5.69 Å². The molecule has 0 aliphatic carbocycles. The van der Waals surface area contributed by atoms with Gasteiger partial charge in [-0.25, -0.2) is 0 Å². The van der Waals surface area contributed by atoms with Crippen molar-refractivity contribution in [3.8, 4) is 0 Å². The maximum absolute atomic E-state index is 10.7. The van der Waals surface area contributed by atoms with Crippen LogP contribution in [0.25, 0.3) is 0 Å². The molecule has 0 bridgehead atoms. The summed E-state index contributed by atoms with van der Waals surface area (Å²) < 4.78 is 0. The van der Waals surface area contributed by atoms with Crippen molar-refractivity contribution in [1.82, 2.24) is 4.90 Å². The SMILES string of the molecule is O=[N+]([O-])c1cccc(CCCN2CCCCC2)c1. The van der Waals surface area contributed by atoms with Crippen molar-refractivity contribution in [3.63, 3.8) is 0 Å². The summed E-state index contributed by atoms with van der Waals surface area (Å²) in [6, 6.07) is 6.99. The van der Waals surface area contributed by atoms with E-state index in [0.717, 1.165) is 24.9 Å². The first kappa shape index (κ1) is 13.0. The number of nitro benzene ring substituents is 1. The van der Waals surface area contributed by atoms with E-state index in [1.165, 1.54) is 32.4 Å². The lowest BCUT2D eigenvalue weighted by Crippen LogP contribution is -2.30. The highest BCUT2D eigenvalue weighted by Gasteiger charge is 2.10. The van der Waals surface area contributed by atoms with Crippen LogP contribution in [0.3, 0.4) is 0 Å². The largest absolute Gasteiger partial charge is 0.303 e. The number of non-ortho nitro benzene ring substituents is 1. The van der Waals surface area contributed by atoms with Gasteiger partial charge in [0.25, 0.3) is 5.69 Å². The molecular weight excluding hydrogens is 228 g/mol. The normalized spacial score (nSPS) is 16.7. The number of likely N-dealkylation sites (tertiary alicyclic amines) is 1. The average molecular weight is 248 g/mol. The molecule has 1 aromatic carbocycles. The molecule has 4 heteroatoms. The zero-order valence-corrected chi connectivity index (χ0v) is 10.7. The average Bonchev–Trinajstić information content (AvgIpc) is 2.40. The van der Waals surface area contributed by atoms with Crippen molar-refractivity contribution in [1.29, 1.82) is 0 Å². The summed E-state index contributed by atoms with van der Waals surface area (Å²) in [5.41, 5.74) is 1.27. The maximum Gasteiger partial charge on any atom is 0.269 e. The molecule has 0 spiro atoms. The molecule has 0 radical (unpaired) electrons. The van der Waals surface area contributed by atoms with E-state index in [1.807, 2.05) is 6.07 Å². The molecule has 0 amide bonds. The van der Waals surface area contributed by atoms with Crippen molar-refractivity contribution in [3.05, 3.63) is 39.9 Å². The molecule has 1 fully saturated rings. The third-order valence-corrected chi connectivity index (χ3v) is 3.51. The smallest absolute Gasteiger partial charge is 0.269 e. The van der Waals surface area contributed by atoms with Crippen LogP contribution in [0.15, 0.2) is 24.3 Å². The van der Waals surface area contributed by atoms with E-state index in [-0.39, 0.29) is 10.6 Å². The molecule has 0 N–H and O–H groups in total. The van der Waals surface area contributed by atoms with Gasteiger partial charge < -0.3 is 4.90 Å². The van der Waals surface area contributed by atoms with Crippen LogP contribution in [0.4, 0.5) is 5.69 Å². The number of aryl methyl sites for hydroxylation is 1. The molecule has 1 heterocycles. The Morgan fingerprint density at radius 2 is 2.00 bits per heavy atom. The molecule has 1 aliphatic heterocycles. The Hall–Kier alpha value is -1.42. The van der Waals surface area contributed by atoms with Gasteiger partial charge in [-0.2, -0.15) is 0 Å². The zero-order chi connectivity index (χ0) is 12.8. The van der Waals surface area contributed by atoms with Gasteiger partial charge in [0.05, 0.1) is 4.92 Å². The molecule has 0 atom stereocenters. The van der Waals surface area contributed by atoms with Gasteiger partial charge >= 0.3 is 0 Å². The number of benzene rings is 1. The Kier molecular flexibility index (Phi) is 4.70. The Labute approximate surface area is 108 Å². The minimum Gasteiger partial charge on any atom is -0.303 e. The van der Waals surface area contributed by atoms with Crippen molar-refractivity contribution in [2.75, 3.05) is 19.6 Å². The van der Waals surface area contributed by atoms with Crippen LogP contribution in [0.2, 0.25) is 0 Å². The van der Waals surface area contributed by atoms with Gasteiger partial charge in [0.2, 0.25) is 0 Å². The summed E-state index contributed by atoms with van der Waals surface area (Å²) in [6.45, 7) is 3.55. The van der Waals surface area contributed by atoms with E-state index in [0.29, 0.717) is 0 Å². The first-order valence-electron chi connectivity index (χ1n) is 6.71. The highest BCUT2D eigenvalue weighted by molar-refractivity contribution is 5.34. The predicted octanol–water partition coefficient (Wildman–Crippen LogP) is 3.01. The van der Waals surface area contributed by atoms with Gasteiger partial charge in [-0.3, -0.25) is 10.1 Å². The van der Waals surface area contributed by atoms with Crippen LogP contribution < -0.4 is 0 Å². The minimum atomic E-state index is -0.325. The van der Waals surface area contributed by atoms with E-state index >= 15 is 0 Å². The molecule has 2 rings (SSSR count). The molecule has 0 unspecified atom stereocenters. The highest BCUT2D eigenvalue weighted by atomic mass is 16.6. The van der Waals surface area contributed by atoms with Gasteiger partial charge in [-0.05, 0) is 50.9 Å². The lowest BCUT2D eigenvalue weighted by atomic mass is 10.1. The van der Waals surface area contributed by atoms with Gasteiger partial charge in [0, 0.05) is 12.1 Å². The maximum atomic E-state index is 10.7. The second-order valence-corrected chi connectivity index (χ2v) is 4.93. The number of nitro groups is 1. The van der Waals surface area contributed by atoms with Gasteiger partial charge in [0.15, 0.2) is 0 Å². The monoisotopic (exact) mass is 248 g/mol. The molecule has 4 nitrogen and oxygen atoms in total. The van der Waals surface area contributed by atoms with Gasteiger partial charge in [-0.15, -0.1) is 0 Å². The lowest BCUT2D eigenvalue weighted by Gasteiger charge is -2.26. The molecule has 1 aromatic rings. The minimum absolute atomic E-state index is 0.200. The van der Waals surface area contributed by atoms with Crippen LogP contribution in [0.5, 0.6) is 0 Å². The Bertz CT molecular complexity index is 401. The first-order chi connectivity index (χ1) is 8.75. The van der Waals surface area contributed by atoms with E-state index in [4.69, 9.17) is 0 Å². The summed E-state index contributed by atoms with van der Waals surface area (Å²) in [6.07, 6.45) is 6.01. The second kappa shape index (κ2) is 6.50. The van der Waals surface area contributed by atoms with Crippen molar-refractivity contribution in [2.45, 2.75) is 32.1 Å². The van der Waals surface area contributed by atoms with Gasteiger partial charge in [-0.1, -0.05) is 18.6 Å². The van der Waals surface area contributed by atoms with E-state index < -0.39 is 0 Å². The Morgan fingerprint density at radius 1 is 1.22 bits per heavy atom. The molecule has 1 saturated heterocycles. The third-order valence-electron chi connectivity index (χ3n) is 3.51. The summed E-state index contributed by atoms with van der Waals surface area (Å²) in [7, 11) is 0. The van der Waals surface area contributed by atoms with E-state index in [1.54, 1.807) is 18.2 Å². The Morgan fingerprint density at radius 3 is 2.72 bits per heavy atom. The van der Waals surface area contributed by atoms with Crippen LogP contribution in [-0.4, -0.2) is 29.5 Å². The van der Waals surface area contributed by atoms with E-state index in [2.05, 4.69) is 4.90 Å². The molecule has 1 aliphatic rings. The van der Waals surface area contributed by atoms with Crippen LogP contribution in [-0.2, 0) is 6.42 Å². The van der Waals surface area contributed by atoms with Crippen molar-refractivity contribution < 1.29 is 4.92 Å². The Balaban J connectivity index is 1.78. The quantitative estimate of drug-likeness (QED) is 0.594. The molecule has 0 saturated carbocycles. The number of piperidine rings is 1. The number of hydrogen-bond acceptors (Lipinski definition) is 3. The fourth-order valence-electron chi connectivity index (χ4n) is 2.52. The summed E-state index contributed by atoms with van der Waals surface area (Å²) >= 11 is 0. The fourth-order valence-corrected chi connectivity index (χ4v) is 2.52. The fraction of sp³-hybridized carbons (Fsp3) is 0.571. The number of hydrogen-bond donors (Lipinski definition) is 0.